The number of hydrogen-bond acceptors (Lipinski definition) is 1. The molecule has 0 atom stereocenters. The van der Waals surface area contributed by atoms with E-state index in [4.69, 9.17) is 0 Å². The molecule has 0 N–H and O–H groups in total. The van der Waals surface area contributed by atoms with Gasteiger partial charge in [0.2, 0.25) is 0 Å². The van der Waals surface area contributed by atoms with Gasteiger partial charge in [-0.05, 0) is 30.4 Å². The Morgan fingerprint density at radius 2 is 2.00 bits per heavy atom. The van der Waals surface area contributed by atoms with Crippen molar-refractivity contribution in [3.05, 3.63) is 35.4 Å². The lowest BCUT2D eigenvalue weighted by atomic mass is 9.76. The molecule has 0 spiro atoms. The predicted molar refractivity (Wildman–Crippen MR) is 54.3 cm³/mol. The zero-order valence-electron chi connectivity index (χ0n) is 8.23. The number of benzene rings is 1. The highest BCUT2D eigenvalue weighted by Gasteiger charge is 2.40. The summed E-state index contributed by atoms with van der Waals surface area (Å²) in [6.45, 7) is 0. The van der Waals surface area contributed by atoms with Crippen molar-refractivity contribution in [3.63, 3.8) is 0 Å². The predicted octanol–water partition coefficient (Wildman–Crippen LogP) is 2.02. The fourth-order valence-electron chi connectivity index (χ4n) is 2.56. The van der Waals surface area contributed by atoms with Gasteiger partial charge in [-0.1, -0.05) is 18.2 Å². The van der Waals surface area contributed by atoms with Gasteiger partial charge < -0.3 is 4.90 Å². The molecule has 3 aliphatic rings. The zero-order valence-corrected chi connectivity index (χ0v) is 8.23. The topological polar surface area (TPSA) is 20.3 Å². The fraction of sp³-hybridized carbons (Fsp3) is 0.417. The summed E-state index contributed by atoms with van der Waals surface area (Å²) in [6.07, 6.45) is 2.30. The Morgan fingerprint density at radius 1 is 1.29 bits per heavy atom. The van der Waals surface area contributed by atoms with E-state index in [2.05, 4.69) is 6.07 Å². The van der Waals surface area contributed by atoms with Gasteiger partial charge in [0, 0.05) is 18.7 Å². The first kappa shape index (κ1) is 8.04. The van der Waals surface area contributed by atoms with Crippen LogP contribution in [0.3, 0.4) is 0 Å². The van der Waals surface area contributed by atoms with Crippen molar-refractivity contribution < 1.29 is 4.79 Å². The third-order valence-corrected chi connectivity index (χ3v) is 3.61. The quantitative estimate of drug-likeness (QED) is 0.608. The SMILES string of the molecule is CN1C(=O)c2ccccc2C2CC1C2. The molecule has 14 heavy (non-hydrogen) atoms. The lowest BCUT2D eigenvalue weighted by molar-refractivity contribution is 0.0660. The highest BCUT2D eigenvalue weighted by atomic mass is 16.2. The maximum atomic E-state index is 12.0. The van der Waals surface area contributed by atoms with E-state index in [9.17, 15) is 4.79 Å². The van der Waals surface area contributed by atoms with Gasteiger partial charge in [0.15, 0.2) is 0 Å². The minimum Gasteiger partial charge on any atom is -0.339 e. The van der Waals surface area contributed by atoms with Gasteiger partial charge in [0.1, 0.15) is 0 Å². The zero-order chi connectivity index (χ0) is 9.71. The van der Waals surface area contributed by atoms with Crippen LogP contribution in [0.25, 0.3) is 0 Å². The normalized spacial score (nSPS) is 29.2. The Labute approximate surface area is 83.5 Å². The van der Waals surface area contributed by atoms with Crippen LogP contribution in [0.4, 0.5) is 0 Å². The number of carbonyl (C=O) groups is 1. The Bertz CT molecular complexity index is 393. The van der Waals surface area contributed by atoms with Crippen LogP contribution in [-0.4, -0.2) is 23.9 Å². The number of amides is 1. The second-order valence-electron chi connectivity index (χ2n) is 4.33. The van der Waals surface area contributed by atoms with Crippen molar-refractivity contribution in [1.29, 1.82) is 0 Å². The van der Waals surface area contributed by atoms with Crippen LogP contribution < -0.4 is 0 Å². The average Bonchev–Trinajstić information content (AvgIpc) is 2.29. The second-order valence-corrected chi connectivity index (χ2v) is 4.33. The average molecular weight is 187 g/mol. The molecule has 0 saturated heterocycles. The molecule has 0 unspecified atom stereocenters. The minimum atomic E-state index is 0.200. The Hall–Kier alpha value is -1.31. The van der Waals surface area contributed by atoms with Crippen LogP contribution in [0.1, 0.15) is 34.7 Å². The molecular formula is C12H13NO. The van der Waals surface area contributed by atoms with Crippen molar-refractivity contribution in [2.45, 2.75) is 24.8 Å². The number of nitrogens with zero attached hydrogens (tertiary/aromatic N) is 1. The van der Waals surface area contributed by atoms with Gasteiger partial charge >= 0.3 is 0 Å². The summed E-state index contributed by atoms with van der Waals surface area (Å²) in [6, 6.07) is 8.53. The van der Waals surface area contributed by atoms with E-state index in [1.54, 1.807) is 0 Å². The van der Waals surface area contributed by atoms with Crippen molar-refractivity contribution in [3.8, 4) is 0 Å². The number of carbonyl (C=O) groups excluding carboxylic acids is 1. The molecule has 2 aliphatic heterocycles. The molecule has 2 bridgehead atoms. The minimum absolute atomic E-state index is 0.200. The van der Waals surface area contributed by atoms with Crippen molar-refractivity contribution in [1.82, 2.24) is 4.90 Å². The Kier molecular flexibility index (Phi) is 1.49. The third-order valence-electron chi connectivity index (χ3n) is 3.61. The lowest BCUT2D eigenvalue weighted by Crippen LogP contribution is -2.41. The van der Waals surface area contributed by atoms with Gasteiger partial charge in [0.05, 0.1) is 0 Å². The molecule has 2 heterocycles. The van der Waals surface area contributed by atoms with Crippen LogP contribution in [-0.2, 0) is 0 Å². The summed E-state index contributed by atoms with van der Waals surface area (Å²) in [5, 5.41) is 0. The molecule has 1 fully saturated rings. The molecule has 4 rings (SSSR count). The molecule has 1 aromatic carbocycles. The largest absolute Gasteiger partial charge is 0.339 e. The van der Waals surface area contributed by atoms with Crippen LogP contribution in [0, 0.1) is 0 Å². The van der Waals surface area contributed by atoms with Crippen LogP contribution in [0.2, 0.25) is 0 Å². The van der Waals surface area contributed by atoms with Crippen LogP contribution in [0.5, 0.6) is 0 Å². The second kappa shape index (κ2) is 2.59. The molecule has 2 nitrogen and oxygen atoms in total. The lowest BCUT2D eigenvalue weighted by Gasteiger charge is -2.37. The summed E-state index contributed by atoms with van der Waals surface area (Å²) >= 11 is 0. The number of fused-ring (bicyclic) bond motifs is 1. The standard InChI is InChI=1S/C12H13NO/c1-13-9-6-8(7-9)10-4-2-3-5-11(10)12(13)14/h2-5,8-9H,6-7H2,1H3. The first-order valence-corrected chi connectivity index (χ1v) is 5.13. The summed E-state index contributed by atoms with van der Waals surface area (Å²) in [7, 11) is 1.92. The van der Waals surface area contributed by atoms with Crippen molar-refractivity contribution in [2.24, 2.45) is 0 Å². The first-order chi connectivity index (χ1) is 6.77. The van der Waals surface area contributed by atoms with Crippen LogP contribution >= 0.6 is 0 Å². The maximum absolute atomic E-state index is 12.0. The molecule has 1 amide bonds. The summed E-state index contributed by atoms with van der Waals surface area (Å²) in [5.41, 5.74) is 2.18. The number of rotatable bonds is 0. The molecule has 0 aromatic heterocycles. The van der Waals surface area contributed by atoms with E-state index < -0.39 is 0 Å². The Balaban J connectivity index is 2.17. The molecule has 72 valence electrons. The van der Waals surface area contributed by atoms with Gasteiger partial charge in [-0.15, -0.1) is 0 Å². The molecule has 1 saturated carbocycles. The highest BCUT2D eigenvalue weighted by Crippen LogP contribution is 2.44. The van der Waals surface area contributed by atoms with Gasteiger partial charge in [-0.3, -0.25) is 4.79 Å². The molecule has 0 radical (unpaired) electrons. The van der Waals surface area contributed by atoms with E-state index in [1.165, 1.54) is 5.56 Å². The molecule has 1 aromatic rings. The van der Waals surface area contributed by atoms with E-state index in [0.29, 0.717) is 12.0 Å². The smallest absolute Gasteiger partial charge is 0.254 e. The molecule has 2 heteroatoms. The highest BCUT2D eigenvalue weighted by molar-refractivity contribution is 5.96. The van der Waals surface area contributed by atoms with Gasteiger partial charge in [-0.25, -0.2) is 0 Å². The van der Waals surface area contributed by atoms with E-state index >= 15 is 0 Å². The summed E-state index contributed by atoms with van der Waals surface area (Å²) < 4.78 is 0. The van der Waals surface area contributed by atoms with Crippen molar-refractivity contribution in [2.75, 3.05) is 7.05 Å². The first-order valence-electron chi connectivity index (χ1n) is 5.13. The monoisotopic (exact) mass is 187 g/mol. The fourth-order valence-corrected chi connectivity index (χ4v) is 2.56. The van der Waals surface area contributed by atoms with E-state index in [0.717, 1.165) is 18.4 Å². The van der Waals surface area contributed by atoms with E-state index in [1.807, 2.05) is 30.1 Å². The Morgan fingerprint density at radius 3 is 2.79 bits per heavy atom. The molecule has 1 aliphatic carbocycles. The van der Waals surface area contributed by atoms with E-state index in [-0.39, 0.29) is 5.91 Å². The van der Waals surface area contributed by atoms with Crippen LogP contribution in [0.15, 0.2) is 24.3 Å². The van der Waals surface area contributed by atoms with Gasteiger partial charge in [0.25, 0.3) is 5.91 Å². The third kappa shape index (κ3) is 0.884. The number of hydrogen-bond donors (Lipinski definition) is 0. The maximum Gasteiger partial charge on any atom is 0.254 e. The van der Waals surface area contributed by atoms with Crippen molar-refractivity contribution >= 4 is 5.91 Å². The molecular weight excluding hydrogens is 174 g/mol. The van der Waals surface area contributed by atoms with Gasteiger partial charge in [-0.2, -0.15) is 0 Å². The summed E-state index contributed by atoms with van der Waals surface area (Å²) in [4.78, 5) is 13.9. The summed E-state index contributed by atoms with van der Waals surface area (Å²) in [5.74, 6) is 0.829.